The lowest BCUT2D eigenvalue weighted by molar-refractivity contribution is -0.140. The van der Waals surface area contributed by atoms with Gasteiger partial charge in [-0.2, -0.15) is 4.68 Å². The third kappa shape index (κ3) is 3.20. The third-order valence-electron chi connectivity index (χ3n) is 5.24. The Labute approximate surface area is 173 Å². The molecule has 1 atom stereocenters. The molecule has 2 heterocycles. The fourth-order valence-corrected chi connectivity index (χ4v) is 3.76. The minimum atomic E-state index is -0.482. The molecule has 1 aliphatic rings. The number of esters is 1. The Morgan fingerprint density at radius 2 is 1.80 bits per heavy atom. The molecule has 0 radical (unpaired) electrons. The van der Waals surface area contributed by atoms with Crippen molar-refractivity contribution in [3.63, 3.8) is 0 Å². The van der Waals surface area contributed by atoms with Gasteiger partial charge >= 0.3 is 5.97 Å². The van der Waals surface area contributed by atoms with Crippen molar-refractivity contribution in [2.24, 2.45) is 0 Å². The predicted octanol–water partition coefficient (Wildman–Crippen LogP) is 3.86. The van der Waals surface area contributed by atoms with Gasteiger partial charge in [-0.25, -0.2) is 4.79 Å². The number of rotatable bonds is 4. The van der Waals surface area contributed by atoms with Crippen molar-refractivity contribution in [1.82, 2.24) is 20.2 Å². The Balaban J connectivity index is 1.54. The summed E-state index contributed by atoms with van der Waals surface area (Å²) in [5, 5.41) is 17.3. The average Bonchev–Trinajstić information content (AvgIpc) is 3.25. The molecule has 0 saturated heterocycles. The van der Waals surface area contributed by atoms with Crippen LogP contribution in [0.25, 0.3) is 10.8 Å². The first-order valence-electron chi connectivity index (χ1n) is 9.66. The van der Waals surface area contributed by atoms with Gasteiger partial charge in [-0.1, -0.05) is 71.8 Å². The van der Waals surface area contributed by atoms with E-state index >= 15 is 0 Å². The van der Waals surface area contributed by atoms with E-state index < -0.39 is 12.0 Å². The minimum absolute atomic E-state index is 0.198. The van der Waals surface area contributed by atoms with Crippen LogP contribution in [0.15, 0.2) is 84.1 Å². The van der Waals surface area contributed by atoms with Gasteiger partial charge in [-0.3, -0.25) is 0 Å². The summed E-state index contributed by atoms with van der Waals surface area (Å²) in [6.45, 7) is 2.04. The summed E-state index contributed by atoms with van der Waals surface area (Å²) in [6, 6.07) is 23.3. The van der Waals surface area contributed by atoms with Crippen molar-refractivity contribution in [3.8, 4) is 0 Å². The second-order valence-electron chi connectivity index (χ2n) is 7.18. The van der Waals surface area contributed by atoms with Gasteiger partial charge in [0.25, 0.3) is 0 Å². The second-order valence-corrected chi connectivity index (χ2v) is 7.18. The van der Waals surface area contributed by atoms with E-state index in [1.807, 2.05) is 67.6 Å². The Bertz CT molecular complexity index is 1260. The first kappa shape index (κ1) is 18.1. The molecule has 4 aromatic rings. The SMILES string of the molecule is CC1=C(C(=O)OCc2ccccc2)C(c2ccc3ccccc3c2)n2nnnc2N1. The zero-order valence-corrected chi connectivity index (χ0v) is 16.3. The van der Waals surface area contributed by atoms with Gasteiger partial charge in [0.1, 0.15) is 12.6 Å². The Kier molecular flexibility index (Phi) is 4.48. The van der Waals surface area contributed by atoms with E-state index in [0.29, 0.717) is 17.2 Å². The van der Waals surface area contributed by atoms with E-state index in [-0.39, 0.29) is 6.61 Å². The number of allylic oxidation sites excluding steroid dienone is 1. The van der Waals surface area contributed by atoms with Crippen LogP contribution in [0.1, 0.15) is 24.1 Å². The number of hydrogen-bond acceptors (Lipinski definition) is 6. The average molecular weight is 397 g/mol. The minimum Gasteiger partial charge on any atom is -0.457 e. The van der Waals surface area contributed by atoms with Crippen LogP contribution in [0.3, 0.4) is 0 Å². The topological polar surface area (TPSA) is 81.9 Å². The zero-order chi connectivity index (χ0) is 20.5. The van der Waals surface area contributed by atoms with Crippen LogP contribution < -0.4 is 5.32 Å². The number of tetrazole rings is 1. The summed E-state index contributed by atoms with van der Waals surface area (Å²) < 4.78 is 7.27. The van der Waals surface area contributed by atoms with Crippen molar-refractivity contribution < 1.29 is 9.53 Å². The second kappa shape index (κ2) is 7.44. The highest BCUT2D eigenvalue weighted by Gasteiger charge is 2.35. The van der Waals surface area contributed by atoms with Crippen molar-refractivity contribution in [1.29, 1.82) is 0 Å². The number of nitrogens with one attached hydrogen (secondary N) is 1. The molecule has 1 aromatic heterocycles. The lowest BCUT2D eigenvalue weighted by atomic mass is 9.94. The number of aromatic nitrogens is 4. The molecule has 1 unspecified atom stereocenters. The van der Waals surface area contributed by atoms with Crippen LogP contribution in [0.2, 0.25) is 0 Å². The molecule has 0 fully saturated rings. The monoisotopic (exact) mass is 397 g/mol. The fraction of sp³-hybridized carbons (Fsp3) is 0.130. The number of anilines is 1. The third-order valence-corrected chi connectivity index (χ3v) is 5.24. The molecule has 0 aliphatic carbocycles. The number of hydrogen-bond donors (Lipinski definition) is 1. The van der Waals surface area contributed by atoms with E-state index in [4.69, 9.17) is 4.74 Å². The van der Waals surface area contributed by atoms with Gasteiger partial charge < -0.3 is 10.1 Å². The van der Waals surface area contributed by atoms with Gasteiger partial charge in [0, 0.05) is 5.70 Å². The van der Waals surface area contributed by atoms with Crippen molar-refractivity contribution in [2.75, 3.05) is 5.32 Å². The van der Waals surface area contributed by atoms with Crippen molar-refractivity contribution in [3.05, 3.63) is 95.2 Å². The van der Waals surface area contributed by atoms with E-state index in [0.717, 1.165) is 21.9 Å². The summed E-state index contributed by atoms with van der Waals surface area (Å²) >= 11 is 0. The summed E-state index contributed by atoms with van der Waals surface area (Å²) in [5.74, 6) is 0.0911. The highest BCUT2D eigenvalue weighted by Crippen LogP contribution is 2.36. The lowest BCUT2D eigenvalue weighted by Gasteiger charge is -2.27. The van der Waals surface area contributed by atoms with Gasteiger partial charge in [0.05, 0.1) is 5.57 Å². The maximum atomic E-state index is 13.2. The maximum Gasteiger partial charge on any atom is 0.338 e. The van der Waals surface area contributed by atoms with E-state index in [1.54, 1.807) is 4.68 Å². The number of carbonyl (C=O) groups is 1. The van der Waals surface area contributed by atoms with Gasteiger partial charge in [0.2, 0.25) is 5.95 Å². The molecular weight excluding hydrogens is 378 g/mol. The molecule has 0 bridgehead atoms. The van der Waals surface area contributed by atoms with Crippen LogP contribution >= 0.6 is 0 Å². The molecule has 1 N–H and O–H groups in total. The van der Waals surface area contributed by atoms with Crippen LogP contribution in [-0.4, -0.2) is 26.2 Å². The number of fused-ring (bicyclic) bond motifs is 2. The van der Waals surface area contributed by atoms with Gasteiger partial charge in [-0.05, 0) is 45.3 Å². The Hall–Kier alpha value is -4.00. The summed E-state index contributed by atoms with van der Waals surface area (Å²) in [6.07, 6.45) is 0. The highest BCUT2D eigenvalue weighted by molar-refractivity contribution is 5.93. The van der Waals surface area contributed by atoms with Crippen LogP contribution in [-0.2, 0) is 16.1 Å². The van der Waals surface area contributed by atoms with Crippen LogP contribution in [0.4, 0.5) is 5.95 Å². The number of ether oxygens (including phenoxy) is 1. The standard InChI is InChI=1S/C23H19N5O2/c1-15-20(22(29)30-14-16-7-3-2-4-8-16)21(28-23(24-15)25-26-27-28)19-12-11-17-9-5-6-10-18(17)13-19/h2-13,21H,14H2,1H3,(H,24,25,27). The van der Waals surface area contributed by atoms with E-state index in [2.05, 4.69) is 33.0 Å². The predicted molar refractivity (Wildman–Crippen MR) is 112 cm³/mol. The molecule has 0 spiro atoms. The highest BCUT2D eigenvalue weighted by atomic mass is 16.5. The zero-order valence-electron chi connectivity index (χ0n) is 16.3. The molecule has 3 aromatic carbocycles. The van der Waals surface area contributed by atoms with Crippen molar-refractivity contribution >= 4 is 22.7 Å². The Morgan fingerprint density at radius 1 is 1.03 bits per heavy atom. The summed E-state index contributed by atoms with van der Waals surface area (Å²) in [7, 11) is 0. The van der Waals surface area contributed by atoms with Gasteiger partial charge in [0.15, 0.2) is 0 Å². The van der Waals surface area contributed by atoms with Gasteiger partial charge in [-0.15, -0.1) is 0 Å². The Morgan fingerprint density at radius 3 is 2.63 bits per heavy atom. The molecule has 1 aliphatic heterocycles. The molecule has 148 valence electrons. The molecule has 0 saturated carbocycles. The quantitative estimate of drug-likeness (QED) is 0.527. The smallest absolute Gasteiger partial charge is 0.338 e. The first-order valence-corrected chi connectivity index (χ1v) is 9.66. The normalized spacial score (nSPS) is 15.6. The summed E-state index contributed by atoms with van der Waals surface area (Å²) in [5.41, 5.74) is 3.00. The maximum absolute atomic E-state index is 13.2. The molecule has 30 heavy (non-hydrogen) atoms. The molecular formula is C23H19N5O2. The fourth-order valence-electron chi connectivity index (χ4n) is 3.76. The number of nitrogens with zero attached hydrogens (tertiary/aromatic N) is 4. The summed E-state index contributed by atoms with van der Waals surface area (Å²) in [4.78, 5) is 13.2. The van der Waals surface area contributed by atoms with Crippen LogP contribution in [0, 0.1) is 0 Å². The molecule has 7 heteroatoms. The number of benzene rings is 3. The van der Waals surface area contributed by atoms with E-state index in [1.165, 1.54) is 0 Å². The number of carbonyl (C=O) groups excluding carboxylic acids is 1. The van der Waals surface area contributed by atoms with Crippen LogP contribution in [0.5, 0.6) is 0 Å². The molecule has 0 amide bonds. The van der Waals surface area contributed by atoms with E-state index in [9.17, 15) is 4.79 Å². The molecule has 7 nitrogen and oxygen atoms in total. The largest absolute Gasteiger partial charge is 0.457 e. The van der Waals surface area contributed by atoms with Crippen molar-refractivity contribution in [2.45, 2.75) is 19.6 Å². The lowest BCUT2D eigenvalue weighted by Crippen LogP contribution is -2.29. The first-order chi connectivity index (χ1) is 14.7. The molecule has 5 rings (SSSR count).